The fourth-order valence-electron chi connectivity index (χ4n) is 5.74. The number of rotatable bonds is 6. The minimum atomic E-state index is 0.469. The lowest BCUT2D eigenvalue weighted by Gasteiger charge is -2.26. The number of benzene rings is 6. The van der Waals surface area contributed by atoms with Crippen molar-refractivity contribution >= 4 is 28.8 Å². The van der Waals surface area contributed by atoms with Crippen molar-refractivity contribution in [1.29, 1.82) is 5.41 Å². The summed E-state index contributed by atoms with van der Waals surface area (Å²) in [6, 6.07) is 56.6. The molecule has 1 aliphatic rings. The van der Waals surface area contributed by atoms with Gasteiger partial charge in [0.2, 0.25) is 0 Å². The lowest BCUT2D eigenvalue weighted by molar-refractivity contribution is 1.22. The molecule has 2 N–H and O–H groups in total. The van der Waals surface area contributed by atoms with E-state index in [1.807, 2.05) is 48.5 Å². The fraction of sp³-hybridized carbons (Fsp3) is 0. The number of hydrogen-bond acceptors (Lipinski definition) is 2. The molecule has 0 unspecified atom stereocenters. The largest absolute Gasteiger partial charge is 0.354 e. The van der Waals surface area contributed by atoms with Gasteiger partial charge in [0.05, 0.1) is 11.4 Å². The Hall–Kier alpha value is -5.73. The Morgan fingerprint density at radius 2 is 0.930 bits per heavy atom. The van der Waals surface area contributed by atoms with E-state index in [0.29, 0.717) is 5.71 Å². The highest BCUT2D eigenvalue weighted by molar-refractivity contribution is 6.36. The lowest BCUT2D eigenvalue weighted by Crippen LogP contribution is -2.20. The minimum absolute atomic E-state index is 0.469. The summed E-state index contributed by atoms with van der Waals surface area (Å²) in [7, 11) is 0. The van der Waals surface area contributed by atoms with Gasteiger partial charge in [-0.05, 0) is 63.2 Å². The molecule has 0 bridgehead atoms. The molecule has 204 valence electrons. The van der Waals surface area contributed by atoms with Gasteiger partial charge in [-0.2, -0.15) is 0 Å². The molecular weight excluding hydrogens is 520 g/mol. The van der Waals surface area contributed by atoms with E-state index in [1.165, 1.54) is 0 Å². The molecule has 43 heavy (non-hydrogen) atoms. The van der Waals surface area contributed by atoms with Gasteiger partial charge < -0.3 is 5.32 Å². The van der Waals surface area contributed by atoms with Gasteiger partial charge in [-0.1, -0.05) is 146 Å². The third kappa shape index (κ3) is 5.35. The highest BCUT2D eigenvalue weighted by Crippen LogP contribution is 2.39. The molecule has 6 aromatic rings. The molecule has 2 nitrogen and oxygen atoms in total. The van der Waals surface area contributed by atoms with Crippen molar-refractivity contribution in [3.63, 3.8) is 0 Å². The second-order valence-electron chi connectivity index (χ2n) is 10.7. The summed E-state index contributed by atoms with van der Waals surface area (Å²) in [6.07, 6.45) is 2.20. The van der Waals surface area contributed by atoms with Gasteiger partial charge in [-0.3, -0.25) is 5.41 Å². The Morgan fingerprint density at radius 3 is 1.51 bits per heavy atom. The molecule has 0 saturated heterocycles. The van der Waals surface area contributed by atoms with Gasteiger partial charge in [-0.15, -0.1) is 0 Å². The van der Waals surface area contributed by atoms with E-state index in [2.05, 4.69) is 127 Å². The van der Waals surface area contributed by atoms with Crippen molar-refractivity contribution in [3.8, 4) is 22.3 Å². The number of hydrogen-bond donors (Lipinski definition) is 2. The maximum Gasteiger partial charge on any atom is 0.0711 e. The van der Waals surface area contributed by atoms with Crippen LogP contribution in [-0.2, 0) is 0 Å². The smallest absolute Gasteiger partial charge is 0.0711 e. The van der Waals surface area contributed by atoms with Gasteiger partial charge in [0, 0.05) is 22.4 Å². The van der Waals surface area contributed by atoms with Gasteiger partial charge in [0.25, 0.3) is 0 Å². The van der Waals surface area contributed by atoms with Crippen molar-refractivity contribution in [1.82, 2.24) is 5.32 Å². The second kappa shape index (κ2) is 11.6. The summed E-state index contributed by atoms with van der Waals surface area (Å²) < 4.78 is 0. The van der Waals surface area contributed by atoms with Crippen molar-refractivity contribution in [2.45, 2.75) is 0 Å². The van der Waals surface area contributed by atoms with E-state index in [1.54, 1.807) is 0 Å². The Balaban J connectivity index is 1.53. The molecular formula is C41H30N2. The maximum atomic E-state index is 9.71. The first-order valence-electron chi connectivity index (χ1n) is 14.5. The van der Waals surface area contributed by atoms with Crippen molar-refractivity contribution in [2.75, 3.05) is 0 Å². The second-order valence-corrected chi connectivity index (χ2v) is 10.7. The summed E-state index contributed by atoms with van der Waals surface area (Å²) in [5.74, 6) is 0. The van der Waals surface area contributed by atoms with Crippen LogP contribution in [-0.4, -0.2) is 5.71 Å². The van der Waals surface area contributed by atoms with Crippen LogP contribution in [0.1, 0.15) is 27.8 Å². The summed E-state index contributed by atoms with van der Waals surface area (Å²) in [6.45, 7) is 0. The third-order valence-corrected chi connectivity index (χ3v) is 7.87. The molecule has 0 spiro atoms. The molecule has 0 aromatic heterocycles. The topological polar surface area (TPSA) is 35.9 Å². The van der Waals surface area contributed by atoms with E-state index in [9.17, 15) is 5.41 Å². The molecule has 0 radical (unpaired) electrons. The van der Waals surface area contributed by atoms with Gasteiger partial charge in [-0.25, -0.2) is 0 Å². The third-order valence-electron chi connectivity index (χ3n) is 7.87. The Labute approximate surface area is 252 Å². The summed E-state index contributed by atoms with van der Waals surface area (Å²) >= 11 is 0. The van der Waals surface area contributed by atoms with Crippen LogP contribution >= 0.6 is 0 Å². The van der Waals surface area contributed by atoms with Crippen LogP contribution in [0.5, 0.6) is 0 Å². The number of allylic oxidation sites excluding steroid dienone is 1. The zero-order valence-electron chi connectivity index (χ0n) is 23.7. The molecule has 1 aliphatic heterocycles. The van der Waals surface area contributed by atoms with Crippen LogP contribution in [0, 0.1) is 5.41 Å². The van der Waals surface area contributed by atoms with Crippen molar-refractivity contribution in [3.05, 3.63) is 192 Å². The van der Waals surface area contributed by atoms with Crippen molar-refractivity contribution < 1.29 is 0 Å². The fourth-order valence-corrected chi connectivity index (χ4v) is 5.74. The van der Waals surface area contributed by atoms with Crippen LogP contribution in [0.3, 0.4) is 0 Å². The van der Waals surface area contributed by atoms with Crippen LogP contribution in [0.25, 0.3) is 45.3 Å². The molecule has 7 rings (SSSR count). The van der Waals surface area contributed by atoms with Gasteiger partial charge in [0.1, 0.15) is 0 Å². The molecule has 1 heterocycles. The number of nitrogens with one attached hydrogen (secondary N) is 2. The first kappa shape index (κ1) is 26.2. The molecule has 6 aromatic carbocycles. The number of fused-ring (bicyclic) bond motifs is 1. The maximum absolute atomic E-state index is 9.71. The normalized spacial score (nSPS) is 13.3. The molecule has 0 fully saturated rings. The van der Waals surface area contributed by atoms with Crippen LogP contribution in [0.4, 0.5) is 0 Å². The van der Waals surface area contributed by atoms with E-state index in [0.717, 1.165) is 67.0 Å². The van der Waals surface area contributed by atoms with Gasteiger partial charge >= 0.3 is 0 Å². The van der Waals surface area contributed by atoms with Crippen LogP contribution in [0.15, 0.2) is 164 Å². The summed E-state index contributed by atoms with van der Waals surface area (Å²) in [5.41, 5.74) is 12.9. The molecule has 0 atom stereocenters. The average molecular weight is 551 g/mol. The van der Waals surface area contributed by atoms with Crippen molar-refractivity contribution in [2.24, 2.45) is 0 Å². The molecule has 2 heteroatoms. The van der Waals surface area contributed by atoms with E-state index in [-0.39, 0.29) is 0 Å². The predicted octanol–water partition coefficient (Wildman–Crippen LogP) is 10.1. The standard InChI is InChI=1S/C41H30N2/c42-40(32-21-11-4-12-22-32)39(41-37-24-14-13-23-33(37)28-38(43-41)31-19-9-3-10-20-31)36-26-34(29-15-5-1-6-16-29)25-35(27-36)30-17-7-2-8-18-30/h1-28,42-43H/b41-39-,42-40?. The van der Waals surface area contributed by atoms with Crippen LogP contribution < -0.4 is 5.32 Å². The SMILES string of the molecule is N=C(/C(=C1\NC(c2ccccc2)=Cc2ccccc21)c1cc(-c2ccccc2)cc(-c2ccccc2)c1)c1ccccc1. The Morgan fingerprint density at radius 1 is 0.442 bits per heavy atom. The molecule has 0 amide bonds. The zero-order valence-corrected chi connectivity index (χ0v) is 23.7. The summed E-state index contributed by atoms with van der Waals surface area (Å²) in [5, 5.41) is 13.5. The van der Waals surface area contributed by atoms with E-state index < -0.39 is 0 Å². The highest BCUT2D eigenvalue weighted by Gasteiger charge is 2.24. The van der Waals surface area contributed by atoms with Gasteiger partial charge in [0.15, 0.2) is 0 Å². The zero-order chi connectivity index (χ0) is 29.0. The first-order valence-corrected chi connectivity index (χ1v) is 14.5. The Bertz CT molecular complexity index is 1910. The van der Waals surface area contributed by atoms with Crippen LogP contribution in [0.2, 0.25) is 0 Å². The lowest BCUT2D eigenvalue weighted by atomic mass is 9.85. The predicted molar refractivity (Wildman–Crippen MR) is 181 cm³/mol. The highest BCUT2D eigenvalue weighted by atomic mass is 14.9. The quantitative estimate of drug-likeness (QED) is 0.199. The van der Waals surface area contributed by atoms with E-state index in [4.69, 9.17) is 0 Å². The Kier molecular flexibility index (Phi) is 7.09. The minimum Gasteiger partial charge on any atom is -0.354 e. The summed E-state index contributed by atoms with van der Waals surface area (Å²) in [4.78, 5) is 0. The molecule has 0 aliphatic carbocycles. The van der Waals surface area contributed by atoms with E-state index >= 15 is 0 Å². The average Bonchev–Trinajstić information content (AvgIpc) is 3.09. The monoisotopic (exact) mass is 550 g/mol. The molecule has 0 saturated carbocycles. The first-order chi connectivity index (χ1) is 21.2.